The Balaban J connectivity index is 4.59. The molecule has 0 aromatic rings. The number of rotatable bonds is 8. The van der Waals surface area contributed by atoms with E-state index in [9.17, 15) is 13.2 Å². The Labute approximate surface area is 117 Å². The maximum Gasteiger partial charge on any atom is 0.239 e. The van der Waals surface area contributed by atoms with Crippen molar-refractivity contribution in [1.82, 2.24) is 4.90 Å². The minimum Gasteiger partial charge on any atom is -0.341 e. The highest BCUT2D eigenvalue weighted by molar-refractivity contribution is 7.90. The second-order valence-corrected chi connectivity index (χ2v) is 8.32. The second kappa shape index (κ2) is 7.85. The fourth-order valence-corrected chi connectivity index (χ4v) is 2.52. The Hall–Kier alpha value is -0.620. The van der Waals surface area contributed by atoms with Gasteiger partial charge in [-0.2, -0.15) is 0 Å². The summed E-state index contributed by atoms with van der Waals surface area (Å²) in [4.78, 5) is 14.0. The quantitative estimate of drug-likeness (QED) is 0.720. The van der Waals surface area contributed by atoms with Crippen LogP contribution in [0.3, 0.4) is 0 Å². The lowest BCUT2D eigenvalue weighted by molar-refractivity contribution is -0.133. The molecule has 0 spiro atoms. The van der Waals surface area contributed by atoms with Gasteiger partial charge in [0.05, 0.1) is 11.8 Å². The summed E-state index contributed by atoms with van der Waals surface area (Å²) < 4.78 is 22.2. The molecule has 6 heteroatoms. The van der Waals surface area contributed by atoms with Gasteiger partial charge in [0, 0.05) is 19.3 Å². The highest BCUT2D eigenvalue weighted by Gasteiger charge is 2.23. The molecule has 1 atom stereocenters. The fraction of sp³-hybridized carbons (Fsp3) is 0.923. The van der Waals surface area contributed by atoms with Crippen molar-refractivity contribution in [2.24, 2.45) is 17.6 Å². The van der Waals surface area contributed by atoms with Crippen LogP contribution in [-0.2, 0) is 14.6 Å². The van der Waals surface area contributed by atoms with E-state index < -0.39 is 15.9 Å². The van der Waals surface area contributed by atoms with Crippen molar-refractivity contribution in [1.29, 1.82) is 0 Å². The number of nitrogens with two attached hydrogens (primary N) is 1. The van der Waals surface area contributed by atoms with Gasteiger partial charge in [0.2, 0.25) is 5.91 Å². The van der Waals surface area contributed by atoms with Crippen LogP contribution in [0.5, 0.6) is 0 Å². The summed E-state index contributed by atoms with van der Waals surface area (Å²) in [5.74, 6) is 0.539. The first-order valence-corrected chi connectivity index (χ1v) is 8.81. The number of carbonyl (C=O) groups excluding carboxylic acids is 1. The highest BCUT2D eigenvalue weighted by atomic mass is 32.2. The molecule has 1 amide bonds. The average Bonchev–Trinajstić information content (AvgIpc) is 2.21. The van der Waals surface area contributed by atoms with Gasteiger partial charge in [-0.25, -0.2) is 8.42 Å². The van der Waals surface area contributed by atoms with E-state index in [2.05, 4.69) is 0 Å². The monoisotopic (exact) mass is 292 g/mol. The van der Waals surface area contributed by atoms with Gasteiger partial charge in [-0.05, 0) is 18.3 Å². The molecule has 0 saturated heterocycles. The third-order valence-corrected chi connectivity index (χ3v) is 3.58. The van der Waals surface area contributed by atoms with Crippen LogP contribution in [0.1, 0.15) is 34.1 Å². The number of carbonyl (C=O) groups is 1. The van der Waals surface area contributed by atoms with E-state index in [0.717, 1.165) is 6.26 Å². The van der Waals surface area contributed by atoms with Gasteiger partial charge in [-0.1, -0.05) is 27.7 Å². The lowest BCUT2D eigenvalue weighted by Crippen LogP contribution is -2.47. The molecule has 0 aromatic heterocycles. The summed E-state index contributed by atoms with van der Waals surface area (Å²) in [6, 6.07) is -0.729. The predicted octanol–water partition coefficient (Wildman–Crippen LogP) is 0.889. The topological polar surface area (TPSA) is 80.5 Å². The minimum absolute atomic E-state index is 0.0445. The van der Waals surface area contributed by atoms with Gasteiger partial charge in [0.15, 0.2) is 0 Å². The van der Waals surface area contributed by atoms with Gasteiger partial charge in [0.25, 0.3) is 0 Å². The highest BCUT2D eigenvalue weighted by Crippen LogP contribution is 2.07. The van der Waals surface area contributed by atoms with Crippen LogP contribution in [0.4, 0.5) is 0 Å². The lowest BCUT2D eigenvalue weighted by Gasteiger charge is -2.28. The largest absolute Gasteiger partial charge is 0.341 e. The smallest absolute Gasteiger partial charge is 0.239 e. The fourth-order valence-electron chi connectivity index (χ4n) is 1.84. The molecule has 0 aromatic carbocycles. The molecule has 1 unspecified atom stereocenters. The molecule has 0 heterocycles. The van der Waals surface area contributed by atoms with Crippen molar-refractivity contribution >= 4 is 15.7 Å². The van der Waals surface area contributed by atoms with E-state index in [4.69, 9.17) is 5.73 Å². The Bertz CT molecular complexity index is 367. The van der Waals surface area contributed by atoms with Crippen LogP contribution in [0.25, 0.3) is 0 Å². The average molecular weight is 292 g/mol. The Morgan fingerprint density at radius 2 is 1.53 bits per heavy atom. The Kier molecular flexibility index (Phi) is 7.59. The Morgan fingerprint density at radius 1 is 1.11 bits per heavy atom. The first-order chi connectivity index (χ1) is 8.53. The second-order valence-electron chi connectivity index (χ2n) is 6.06. The molecule has 0 bridgehead atoms. The van der Waals surface area contributed by atoms with Crippen LogP contribution in [0, 0.1) is 11.8 Å². The van der Waals surface area contributed by atoms with Crippen LogP contribution in [0.15, 0.2) is 0 Å². The summed E-state index contributed by atoms with van der Waals surface area (Å²) >= 11 is 0. The molecule has 114 valence electrons. The maximum atomic E-state index is 12.2. The normalized spacial score (nSPS) is 13.9. The molecule has 0 fully saturated rings. The summed E-state index contributed by atoms with van der Waals surface area (Å²) in [5.41, 5.74) is 5.82. The standard InChI is InChI=1S/C13H28N2O3S/c1-10(2)8-15(9-11(3)4)13(16)12(14)6-7-19(5,17)18/h10-12H,6-9,14H2,1-5H3. The molecular weight excluding hydrogens is 264 g/mol. The zero-order valence-corrected chi connectivity index (χ0v) is 13.5. The van der Waals surface area contributed by atoms with Crippen molar-refractivity contribution in [2.45, 2.75) is 40.2 Å². The van der Waals surface area contributed by atoms with E-state index in [1.165, 1.54) is 0 Å². The van der Waals surface area contributed by atoms with Gasteiger partial charge >= 0.3 is 0 Å². The van der Waals surface area contributed by atoms with Crippen molar-refractivity contribution in [3.63, 3.8) is 0 Å². The molecule has 19 heavy (non-hydrogen) atoms. The van der Waals surface area contributed by atoms with Crippen molar-refractivity contribution in [3.8, 4) is 0 Å². The summed E-state index contributed by atoms with van der Waals surface area (Å²) in [6.45, 7) is 9.49. The van der Waals surface area contributed by atoms with Gasteiger partial charge in [-0.15, -0.1) is 0 Å². The molecule has 0 aliphatic heterocycles. The van der Waals surface area contributed by atoms with Crippen molar-refractivity contribution < 1.29 is 13.2 Å². The SMILES string of the molecule is CC(C)CN(CC(C)C)C(=O)C(N)CCS(C)(=O)=O. The third-order valence-electron chi connectivity index (χ3n) is 2.60. The molecule has 0 radical (unpaired) electrons. The van der Waals surface area contributed by atoms with Crippen LogP contribution in [0.2, 0.25) is 0 Å². The Morgan fingerprint density at radius 3 is 1.84 bits per heavy atom. The third kappa shape index (κ3) is 8.99. The molecule has 0 rings (SSSR count). The van der Waals surface area contributed by atoms with Gasteiger partial charge < -0.3 is 10.6 Å². The van der Waals surface area contributed by atoms with Crippen LogP contribution < -0.4 is 5.73 Å². The number of nitrogens with zero attached hydrogens (tertiary/aromatic N) is 1. The van der Waals surface area contributed by atoms with Crippen molar-refractivity contribution in [3.05, 3.63) is 0 Å². The van der Waals surface area contributed by atoms with E-state index in [0.29, 0.717) is 24.9 Å². The number of hydrogen-bond acceptors (Lipinski definition) is 4. The minimum atomic E-state index is -3.08. The van der Waals surface area contributed by atoms with E-state index in [-0.39, 0.29) is 18.1 Å². The predicted molar refractivity (Wildman–Crippen MR) is 78.6 cm³/mol. The lowest BCUT2D eigenvalue weighted by atomic mass is 10.1. The van der Waals surface area contributed by atoms with E-state index in [1.54, 1.807) is 4.90 Å². The first-order valence-electron chi connectivity index (χ1n) is 6.75. The van der Waals surface area contributed by atoms with Gasteiger partial charge in [0.1, 0.15) is 9.84 Å². The number of hydrogen-bond donors (Lipinski definition) is 1. The first kappa shape index (κ1) is 18.4. The molecule has 0 aliphatic rings. The molecule has 0 aliphatic carbocycles. The van der Waals surface area contributed by atoms with Gasteiger partial charge in [-0.3, -0.25) is 4.79 Å². The summed E-state index contributed by atoms with van der Waals surface area (Å²) in [6.07, 6.45) is 1.34. The van der Waals surface area contributed by atoms with Crippen LogP contribution in [-0.4, -0.2) is 50.4 Å². The van der Waals surface area contributed by atoms with Crippen LogP contribution >= 0.6 is 0 Å². The zero-order valence-electron chi connectivity index (χ0n) is 12.7. The molecule has 5 nitrogen and oxygen atoms in total. The van der Waals surface area contributed by atoms with Crippen molar-refractivity contribution in [2.75, 3.05) is 25.1 Å². The number of amides is 1. The molecule has 0 saturated carbocycles. The zero-order chi connectivity index (χ0) is 15.2. The van der Waals surface area contributed by atoms with E-state index >= 15 is 0 Å². The maximum absolute atomic E-state index is 12.2. The summed E-state index contributed by atoms with van der Waals surface area (Å²) in [5, 5.41) is 0. The molecule has 2 N–H and O–H groups in total. The number of sulfone groups is 1. The summed E-state index contributed by atoms with van der Waals surface area (Å²) in [7, 11) is -3.08. The molecular formula is C13H28N2O3S. The van der Waals surface area contributed by atoms with E-state index in [1.807, 2.05) is 27.7 Å².